The zero-order valence-corrected chi connectivity index (χ0v) is 15.7. The average Bonchev–Trinajstić information content (AvgIpc) is 2.62. The molecule has 0 N–H and O–H groups in total. The van der Waals surface area contributed by atoms with Gasteiger partial charge in [0.15, 0.2) is 0 Å². The van der Waals surface area contributed by atoms with Gasteiger partial charge in [0.1, 0.15) is 29.7 Å². The number of halogens is 4. The fourth-order valence-corrected chi connectivity index (χ4v) is 2.42. The first kappa shape index (κ1) is 21.5. The van der Waals surface area contributed by atoms with E-state index in [0.717, 1.165) is 0 Å². The zero-order valence-electron chi connectivity index (χ0n) is 15.7. The van der Waals surface area contributed by atoms with E-state index in [1.165, 1.54) is 13.0 Å². The maximum absolute atomic E-state index is 13.8. The van der Waals surface area contributed by atoms with Crippen LogP contribution in [0.2, 0.25) is 0 Å². The molecule has 152 valence electrons. The van der Waals surface area contributed by atoms with Gasteiger partial charge in [0.2, 0.25) is 0 Å². The topological polar surface area (TPSA) is 44.8 Å². The van der Waals surface area contributed by atoms with Crippen LogP contribution in [0.4, 0.5) is 17.6 Å². The molecule has 0 unspecified atom stereocenters. The monoisotopic (exact) mass is 400 g/mol. The van der Waals surface area contributed by atoms with Gasteiger partial charge in [-0.05, 0) is 37.6 Å². The van der Waals surface area contributed by atoms with E-state index in [9.17, 15) is 22.4 Å². The molecule has 0 bridgehead atoms. The fraction of sp³-hybridized carbons (Fsp3) is 0.350. The lowest BCUT2D eigenvalue weighted by molar-refractivity contribution is -0.139. The molecule has 0 aliphatic heterocycles. The second-order valence-electron chi connectivity index (χ2n) is 5.88. The number of rotatable bonds is 7. The molecule has 0 fully saturated rings. The molecule has 0 heterocycles. The van der Waals surface area contributed by atoms with Gasteiger partial charge in [-0.2, -0.15) is 13.2 Å². The summed E-state index contributed by atoms with van der Waals surface area (Å²) in [5.41, 5.74) is -0.986. The van der Waals surface area contributed by atoms with Gasteiger partial charge in [-0.25, -0.2) is 4.39 Å². The first-order valence-electron chi connectivity index (χ1n) is 8.62. The highest BCUT2D eigenvalue weighted by molar-refractivity contribution is 5.72. The van der Waals surface area contributed by atoms with Crippen molar-refractivity contribution in [3.05, 3.63) is 52.8 Å². The van der Waals surface area contributed by atoms with E-state index in [0.29, 0.717) is 17.9 Å². The van der Waals surface area contributed by atoms with Crippen LogP contribution < -0.4 is 14.2 Å². The summed E-state index contributed by atoms with van der Waals surface area (Å²) in [6.07, 6.45) is -4.61. The number of benzene rings is 2. The van der Waals surface area contributed by atoms with Gasteiger partial charge in [-0.15, -0.1) is 0 Å². The Hall–Kier alpha value is -2.77. The van der Waals surface area contributed by atoms with Crippen LogP contribution >= 0.6 is 0 Å². The minimum Gasteiger partial charge on any atom is -0.493 e. The number of hydrogen-bond acceptors (Lipinski definition) is 4. The molecule has 2 aromatic rings. The van der Waals surface area contributed by atoms with Crippen LogP contribution in [0.1, 0.15) is 37.0 Å². The Balaban J connectivity index is 2.41. The van der Waals surface area contributed by atoms with Gasteiger partial charge in [0.25, 0.3) is 0 Å². The average molecular weight is 400 g/mol. The molecule has 8 heteroatoms. The molecular weight excluding hydrogens is 380 g/mol. The van der Waals surface area contributed by atoms with Crippen LogP contribution in [-0.4, -0.2) is 12.6 Å². The highest BCUT2D eigenvalue weighted by Crippen LogP contribution is 2.39. The van der Waals surface area contributed by atoms with E-state index in [4.69, 9.17) is 14.2 Å². The van der Waals surface area contributed by atoms with E-state index in [1.54, 1.807) is 26.0 Å². The third kappa shape index (κ3) is 5.15. The van der Waals surface area contributed by atoms with Crippen molar-refractivity contribution in [2.75, 3.05) is 6.61 Å². The number of carbonyl (C=O) groups excluding carboxylic acids is 1. The van der Waals surface area contributed by atoms with Crippen molar-refractivity contribution in [3.63, 3.8) is 0 Å². The first-order chi connectivity index (χ1) is 13.2. The van der Waals surface area contributed by atoms with Crippen molar-refractivity contribution in [2.45, 2.75) is 40.0 Å². The molecule has 0 amide bonds. The van der Waals surface area contributed by atoms with E-state index >= 15 is 0 Å². The first-order valence-corrected chi connectivity index (χ1v) is 8.62. The van der Waals surface area contributed by atoms with E-state index in [1.807, 2.05) is 0 Å². The highest BCUT2D eigenvalue weighted by atomic mass is 19.4. The second-order valence-corrected chi connectivity index (χ2v) is 5.88. The van der Waals surface area contributed by atoms with Crippen molar-refractivity contribution in [1.29, 1.82) is 0 Å². The largest absolute Gasteiger partial charge is 0.493 e. The molecule has 2 rings (SSSR count). The molecule has 0 radical (unpaired) electrons. The SMILES string of the molecule is CCOc1cccc(OC(=O)CC)c1COc1cc(F)c(C)cc1C(F)(F)F. The quantitative estimate of drug-likeness (QED) is 0.352. The molecule has 2 aromatic carbocycles. The van der Waals surface area contributed by atoms with Crippen molar-refractivity contribution >= 4 is 5.97 Å². The standard InChI is InChI=1S/C20H20F4O4/c1-4-19(25)28-17-8-6-7-16(26-5-2)13(17)11-27-18-10-15(21)12(3)9-14(18)20(22,23)24/h6-10H,4-5,11H2,1-3H3. The van der Waals surface area contributed by atoms with Crippen molar-refractivity contribution in [2.24, 2.45) is 0 Å². The van der Waals surface area contributed by atoms with Crippen LogP contribution in [0.25, 0.3) is 0 Å². The Morgan fingerprint density at radius 2 is 1.71 bits per heavy atom. The molecule has 0 aliphatic carbocycles. The summed E-state index contributed by atoms with van der Waals surface area (Å²) in [6, 6.07) is 6.02. The zero-order chi connectivity index (χ0) is 20.9. The van der Waals surface area contributed by atoms with Gasteiger partial charge >= 0.3 is 12.1 Å². The number of esters is 1. The Bertz CT molecular complexity index is 847. The minimum absolute atomic E-state index is 0.110. The number of hydrogen-bond donors (Lipinski definition) is 0. The number of ether oxygens (including phenoxy) is 3. The molecule has 0 aliphatic rings. The van der Waals surface area contributed by atoms with Crippen molar-refractivity contribution in [3.8, 4) is 17.2 Å². The van der Waals surface area contributed by atoms with Gasteiger partial charge in [-0.1, -0.05) is 13.0 Å². The van der Waals surface area contributed by atoms with Crippen molar-refractivity contribution in [1.82, 2.24) is 0 Å². The number of carbonyl (C=O) groups is 1. The lowest BCUT2D eigenvalue weighted by Gasteiger charge is -2.18. The van der Waals surface area contributed by atoms with Crippen LogP contribution in [0.5, 0.6) is 17.2 Å². The number of alkyl halides is 3. The maximum atomic E-state index is 13.8. The predicted molar refractivity (Wildman–Crippen MR) is 94.0 cm³/mol. The van der Waals surface area contributed by atoms with Gasteiger partial charge < -0.3 is 14.2 Å². The molecule has 28 heavy (non-hydrogen) atoms. The normalized spacial score (nSPS) is 11.2. The lowest BCUT2D eigenvalue weighted by Crippen LogP contribution is -2.12. The molecule has 0 spiro atoms. The summed E-state index contributed by atoms with van der Waals surface area (Å²) in [4.78, 5) is 11.6. The summed E-state index contributed by atoms with van der Waals surface area (Å²) in [6.45, 7) is 4.45. The van der Waals surface area contributed by atoms with Gasteiger partial charge in [-0.3, -0.25) is 4.79 Å². The Kier molecular flexibility index (Phi) is 6.88. The lowest BCUT2D eigenvalue weighted by atomic mass is 10.1. The minimum atomic E-state index is -4.72. The van der Waals surface area contributed by atoms with E-state index < -0.39 is 35.9 Å². The van der Waals surface area contributed by atoms with Crippen LogP contribution in [0.3, 0.4) is 0 Å². The van der Waals surface area contributed by atoms with Gasteiger partial charge in [0, 0.05) is 12.5 Å². The fourth-order valence-electron chi connectivity index (χ4n) is 2.42. The van der Waals surface area contributed by atoms with Crippen molar-refractivity contribution < 1.29 is 36.6 Å². The molecule has 4 nitrogen and oxygen atoms in total. The third-order valence-electron chi connectivity index (χ3n) is 3.84. The molecule has 0 aromatic heterocycles. The van der Waals surface area contributed by atoms with Crippen LogP contribution in [0.15, 0.2) is 30.3 Å². The summed E-state index contributed by atoms with van der Waals surface area (Å²) in [5.74, 6) is -1.59. The summed E-state index contributed by atoms with van der Waals surface area (Å²) >= 11 is 0. The van der Waals surface area contributed by atoms with Crippen LogP contribution in [0, 0.1) is 12.7 Å². The Morgan fingerprint density at radius 3 is 2.32 bits per heavy atom. The third-order valence-corrected chi connectivity index (χ3v) is 3.84. The predicted octanol–water partition coefficient (Wildman–Crippen LogP) is 5.45. The highest BCUT2D eigenvalue weighted by Gasteiger charge is 2.35. The summed E-state index contributed by atoms with van der Waals surface area (Å²) in [7, 11) is 0. The second kappa shape index (κ2) is 8.95. The maximum Gasteiger partial charge on any atom is 0.419 e. The molecule has 0 saturated carbocycles. The Labute approximate surface area is 160 Å². The number of aryl methyl sites for hydroxylation is 1. The van der Waals surface area contributed by atoms with Crippen LogP contribution in [-0.2, 0) is 17.6 Å². The Morgan fingerprint density at radius 1 is 1.04 bits per heavy atom. The molecule has 0 atom stereocenters. The molecule has 0 saturated heterocycles. The van der Waals surface area contributed by atoms with Gasteiger partial charge in [0.05, 0.1) is 17.7 Å². The van der Waals surface area contributed by atoms with E-state index in [-0.39, 0.29) is 29.9 Å². The molecular formula is C20H20F4O4. The summed E-state index contributed by atoms with van der Waals surface area (Å²) < 4.78 is 69.7. The van der Waals surface area contributed by atoms with E-state index in [2.05, 4.69) is 0 Å². The smallest absolute Gasteiger partial charge is 0.419 e. The summed E-state index contributed by atoms with van der Waals surface area (Å²) in [5, 5.41) is 0.